The fourth-order valence-corrected chi connectivity index (χ4v) is 2.03. The average molecular weight is 274 g/mol. The van der Waals surface area contributed by atoms with E-state index < -0.39 is 0 Å². The average Bonchev–Trinajstić information content (AvgIpc) is 2.38. The van der Waals surface area contributed by atoms with Crippen molar-refractivity contribution in [2.24, 2.45) is 0 Å². The van der Waals surface area contributed by atoms with Crippen molar-refractivity contribution in [3.05, 3.63) is 42.4 Å². The number of hydrogen-bond donors (Lipinski definition) is 1. The second kappa shape index (κ2) is 6.12. The van der Waals surface area contributed by atoms with E-state index in [9.17, 15) is 0 Å². The molecule has 0 saturated carbocycles. The minimum atomic E-state index is 0.116. The molecule has 0 spiro atoms. The highest BCUT2D eigenvalue weighted by molar-refractivity contribution is 7.99. The Morgan fingerprint density at radius 1 is 1.11 bits per heavy atom. The molecule has 2 heterocycles. The van der Waals surface area contributed by atoms with E-state index in [0.717, 1.165) is 16.7 Å². The first-order chi connectivity index (χ1) is 9.03. The normalized spacial score (nSPS) is 11.5. The zero-order valence-corrected chi connectivity index (χ0v) is 12.2. The number of rotatable bonds is 4. The molecule has 4 nitrogen and oxygen atoms in total. The van der Waals surface area contributed by atoms with E-state index in [2.05, 4.69) is 47.1 Å². The van der Waals surface area contributed by atoms with Crippen LogP contribution in [0.2, 0.25) is 0 Å². The van der Waals surface area contributed by atoms with E-state index in [1.54, 1.807) is 18.5 Å². The van der Waals surface area contributed by atoms with Gasteiger partial charge in [0.15, 0.2) is 5.16 Å². The number of pyridine rings is 1. The fourth-order valence-electron chi connectivity index (χ4n) is 1.37. The van der Waals surface area contributed by atoms with Crippen LogP contribution in [0.1, 0.15) is 26.3 Å². The second-order valence-electron chi connectivity index (χ2n) is 5.24. The van der Waals surface area contributed by atoms with Crippen LogP contribution in [0, 0.1) is 0 Å². The molecule has 5 heteroatoms. The largest absolute Gasteiger partial charge is 0.308 e. The predicted molar refractivity (Wildman–Crippen MR) is 77.0 cm³/mol. The van der Waals surface area contributed by atoms with Gasteiger partial charge in [0, 0.05) is 30.7 Å². The smallest absolute Gasteiger partial charge is 0.193 e. The third kappa shape index (κ3) is 4.96. The summed E-state index contributed by atoms with van der Waals surface area (Å²) in [4.78, 5) is 12.7. The Kier molecular flexibility index (Phi) is 4.50. The van der Waals surface area contributed by atoms with Crippen LogP contribution in [-0.4, -0.2) is 20.5 Å². The summed E-state index contributed by atoms with van der Waals surface area (Å²) >= 11 is 1.47. The zero-order valence-electron chi connectivity index (χ0n) is 11.4. The van der Waals surface area contributed by atoms with Crippen LogP contribution < -0.4 is 5.32 Å². The van der Waals surface area contributed by atoms with Crippen LogP contribution in [0.5, 0.6) is 0 Å². The molecular weight excluding hydrogens is 256 g/mol. The minimum absolute atomic E-state index is 0.116. The lowest BCUT2D eigenvalue weighted by Crippen LogP contribution is -2.35. The first-order valence-electron chi connectivity index (χ1n) is 6.18. The molecule has 0 saturated heterocycles. The Morgan fingerprint density at radius 3 is 2.42 bits per heavy atom. The highest BCUT2D eigenvalue weighted by atomic mass is 32.2. The molecule has 0 radical (unpaired) electrons. The van der Waals surface area contributed by atoms with Gasteiger partial charge >= 0.3 is 0 Å². The minimum Gasteiger partial charge on any atom is -0.308 e. The van der Waals surface area contributed by atoms with Gasteiger partial charge in [0.2, 0.25) is 0 Å². The van der Waals surface area contributed by atoms with Crippen molar-refractivity contribution >= 4 is 11.8 Å². The number of nitrogens with zero attached hydrogens (tertiary/aromatic N) is 3. The van der Waals surface area contributed by atoms with Crippen molar-refractivity contribution in [1.29, 1.82) is 0 Å². The molecule has 19 heavy (non-hydrogen) atoms. The SMILES string of the molecule is CC(C)(C)NCc1ccc(Sc2ncccn2)nc1. The van der Waals surface area contributed by atoms with Crippen LogP contribution in [0.3, 0.4) is 0 Å². The molecule has 2 aromatic rings. The number of hydrogen-bond acceptors (Lipinski definition) is 5. The van der Waals surface area contributed by atoms with Gasteiger partial charge in [-0.05, 0) is 50.2 Å². The Balaban J connectivity index is 1.95. The van der Waals surface area contributed by atoms with Gasteiger partial charge in [-0.3, -0.25) is 0 Å². The Morgan fingerprint density at radius 2 is 1.84 bits per heavy atom. The lowest BCUT2D eigenvalue weighted by molar-refractivity contribution is 0.424. The van der Waals surface area contributed by atoms with Gasteiger partial charge in [-0.2, -0.15) is 0 Å². The summed E-state index contributed by atoms with van der Waals surface area (Å²) in [5.41, 5.74) is 1.29. The summed E-state index contributed by atoms with van der Waals surface area (Å²) in [5, 5.41) is 5.06. The molecule has 0 aliphatic heterocycles. The summed E-state index contributed by atoms with van der Waals surface area (Å²) in [7, 11) is 0. The maximum atomic E-state index is 4.42. The van der Waals surface area contributed by atoms with Crippen LogP contribution >= 0.6 is 11.8 Å². The molecule has 0 aliphatic carbocycles. The van der Waals surface area contributed by atoms with Gasteiger partial charge in [-0.25, -0.2) is 15.0 Å². The Hall–Kier alpha value is -1.46. The van der Waals surface area contributed by atoms with Crippen molar-refractivity contribution in [2.75, 3.05) is 0 Å². The summed E-state index contributed by atoms with van der Waals surface area (Å²) in [6.07, 6.45) is 5.36. The van der Waals surface area contributed by atoms with Crippen molar-refractivity contribution < 1.29 is 0 Å². The molecule has 0 atom stereocenters. The van der Waals surface area contributed by atoms with E-state index in [1.807, 2.05) is 12.3 Å². The lowest BCUT2D eigenvalue weighted by Gasteiger charge is -2.20. The standard InChI is InChI=1S/C14H18N4S/c1-14(2,3)18-10-11-5-6-12(17-9-11)19-13-15-7-4-8-16-13/h4-9,18H,10H2,1-3H3. The maximum Gasteiger partial charge on any atom is 0.193 e. The monoisotopic (exact) mass is 274 g/mol. The molecule has 0 amide bonds. The third-order valence-corrected chi connectivity index (χ3v) is 3.20. The van der Waals surface area contributed by atoms with Gasteiger partial charge in [0.1, 0.15) is 5.03 Å². The van der Waals surface area contributed by atoms with Crippen molar-refractivity contribution in [3.63, 3.8) is 0 Å². The van der Waals surface area contributed by atoms with Crippen LogP contribution in [0.25, 0.3) is 0 Å². The van der Waals surface area contributed by atoms with Crippen molar-refractivity contribution in [2.45, 2.75) is 43.0 Å². The van der Waals surface area contributed by atoms with E-state index >= 15 is 0 Å². The first kappa shape index (κ1) is 14.0. The summed E-state index contributed by atoms with van der Waals surface area (Å²) < 4.78 is 0. The highest BCUT2D eigenvalue weighted by Crippen LogP contribution is 2.21. The predicted octanol–water partition coefficient (Wildman–Crippen LogP) is 2.91. The molecule has 0 aliphatic rings. The van der Waals surface area contributed by atoms with E-state index in [0.29, 0.717) is 0 Å². The topological polar surface area (TPSA) is 50.7 Å². The third-order valence-electron chi connectivity index (χ3n) is 2.36. The van der Waals surface area contributed by atoms with Crippen LogP contribution in [0.4, 0.5) is 0 Å². The van der Waals surface area contributed by atoms with Crippen LogP contribution in [-0.2, 0) is 6.54 Å². The van der Waals surface area contributed by atoms with Gasteiger partial charge in [0.05, 0.1) is 0 Å². The molecule has 2 aromatic heterocycles. The lowest BCUT2D eigenvalue weighted by atomic mass is 10.1. The van der Waals surface area contributed by atoms with Gasteiger partial charge in [0.25, 0.3) is 0 Å². The molecule has 0 aromatic carbocycles. The molecular formula is C14H18N4S. The summed E-state index contributed by atoms with van der Waals surface area (Å²) in [6.45, 7) is 7.27. The molecule has 0 fully saturated rings. The maximum absolute atomic E-state index is 4.42. The molecule has 1 N–H and O–H groups in total. The summed E-state index contributed by atoms with van der Waals surface area (Å²) in [5.74, 6) is 0. The van der Waals surface area contributed by atoms with Gasteiger partial charge in [-0.15, -0.1) is 0 Å². The molecule has 0 unspecified atom stereocenters. The van der Waals surface area contributed by atoms with Crippen molar-refractivity contribution in [3.8, 4) is 0 Å². The Labute approximate surface area is 118 Å². The molecule has 0 bridgehead atoms. The Bertz CT molecular complexity index is 505. The first-order valence-corrected chi connectivity index (χ1v) is 6.99. The second-order valence-corrected chi connectivity index (χ2v) is 6.23. The number of aromatic nitrogens is 3. The summed E-state index contributed by atoms with van der Waals surface area (Å²) in [6, 6.07) is 5.89. The highest BCUT2D eigenvalue weighted by Gasteiger charge is 2.08. The zero-order chi connectivity index (χ0) is 13.7. The van der Waals surface area contributed by atoms with Gasteiger partial charge in [-0.1, -0.05) is 6.07 Å². The number of nitrogens with one attached hydrogen (secondary N) is 1. The molecule has 100 valence electrons. The van der Waals surface area contributed by atoms with Gasteiger partial charge < -0.3 is 5.32 Å². The fraction of sp³-hybridized carbons (Fsp3) is 0.357. The molecule has 2 rings (SSSR count). The van der Waals surface area contributed by atoms with E-state index in [4.69, 9.17) is 0 Å². The van der Waals surface area contributed by atoms with Crippen molar-refractivity contribution in [1.82, 2.24) is 20.3 Å². The van der Waals surface area contributed by atoms with E-state index in [1.165, 1.54) is 17.3 Å². The quantitative estimate of drug-likeness (QED) is 0.869. The van der Waals surface area contributed by atoms with E-state index in [-0.39, 0.29) is 5.54 Å². The van der Waals surface area contributed by atoms with Crippen LogP contribution in [0.15, 0.2) is 47.0 Å².